The Bertz CT molecular complexity index is 342. The van der Waals surface area contributed by atoms with Gasteiger partial charge in [0, 0.05) is 5.54 Å². The van der Waals surface area contributed by atoms with Crippen LogP contribution in [0.5, 0.6) is 0 Å². The molecule has 0 aliphatic heterocycles. The minimum absolute atomic E-state index is 0.147. The van der Waals surface area contributed by atoms with Gasteiger partial charge in [0.1, 0.15) is 0 Å². The van der Waals surface area contributed by atoms with Gasteiger partial charge in [-0.3, -0.25) is 0 Å². The predicted octanol–water partition coefficient (Wildman–Crippen LogP) is 4.86. The Balaban J connectivity index is 2.88. The molecule has 0 spiro atoms. The van der Waals surface area contributed by atoms with Gasteiger partial charge in [0.2, 0.25) is 0 Å². The Labute approximate surface area is 112 Å². The van der Waals surface area contributed by atoms with Gasteiger partial charge in [-0.1, -0.05) is 76.5 Å². The maximum atomic E-state index is 6.66. The van der Waals surface area contributed by atoms with E-state index in [4.69, 9.17) is 5.73 Å². The summed E-state index contributed by atoms with van der Waals surface area (Å²) in [5, 5.41) is 0. The first-order valence-electron chi connectivity index (χ1n) is 7.18. The molecule has 0 saturated heterocycles. The number of hydrogen-bond donors (Lipinski definition) is 1. The van der Waals surface area contributed by atoms with Gasteiger partial charge >= 0.3 is 0 Å². The summed E-state index contributed by atoms with van der Waals surface area (Å²) in [6.45, 7) is 8.24. The molecule has 0 aliphatic carbocycles. The van der Waals surface area contributed by atoms with Crippen LogP contribution in [0.4, 0.5) is 0 Å². The van der Waals surface area contributed by atoms with Crippen LogP contribution >= 0.6 is 0 Å². The molecule has 0 amide bonds. The third-order valence-electron chi connectivity index (χ3n) is 3.67. The summed E-state index contributed by atoms with van der Waals surface area (Å²) < 4.78 is 0. The molecule has 1 aromatic carbocycles. The zero-order valence-corrected chi connectivity index (χ0v) is 11.9. The first-order valence-corrected chi connectivity index (χ1v) is 7.18. The Morgan fingerprint density at radius 3 is 1.94 bits per heavy atom. The summed E-state index contributed by atoms with van der Waals surface area (Å²) in [7, 11) is 0. The van der Waals surface area contributed by atoms with Crippen LogP contribution < -0.4 is 5.73 Å². The van der Waals surface area contributed by atoms with Crippen molar-refractivity contribution in [2.75, 3.05) is 0 Å². The fraction of sp³-hybridized carbons (Fsp3) is 0.529. The van der Waals surface area contributed by atoms with E-state index in [0.29, 0.717) is 0 Å². The van der Waals surface area contributed by atoms with Gasteiger partial charge in [-0.05, 0) is 24.0 Å². The van der Waals surface area contributed by atoms with E-state index in [1.165, 1.54) is 31.2 Å². The lowest BCUT2D eigenvalue weighted by atomic mass is 9.81. The van der Waals surface area contributed by atoms with Crippen molar-refractivity contribution in [3.8, 4) is 0 Å². The molecular weight excluding hydrogens is 218 g/mol. The summed E-state index contributed by atoms with van der Waals surface area (Å²) in [6, 6.07) is 8.56. The molecule has 1 aromatic rings. The summed E-state index contributed by atoms with van der Waals surface area (Å²) in [4.78, 5) is 0. The standard InChI is InChI=1S/C17H27N/c1-4-7-13-17(18,14-8-5-2)16-11-9-15(6-3)10-12-16/h6,9-12H,3-5,7-8,13-14,18H2,1-2H3. The summed E-state index contributed by atoms with van der Waals surface area (Å²) in [6.07, 6.45) is 8.84. The topological polar surface area (TPSA) is 26.0 Å². The van der Waals surface area contributed by atoms with Gasteiger partial charge < -0.3 is 5.73 Å². The maximum absolute atomic E-state index is 6.66. The quantitative estimate of drug-likeness (QED) is 0.695. The van der Waals surface area contributed by atoms with Crippen LogP contribution in [0.3, 0.4) is 0 Å². The van der Waals surface area contributed by atoms with Crippen molar-refractivity contribution in [1.82, 2.24) is 0 Å². The lowest BCUT2D eigenvalue weighted by Gasteiger charge is -2.30. The van der Waals surface area contributed by atoms with Gasteiger partial charge in [0.25, 0.3) is 0 Å². The van der Waals surface area contributed by atoms with Crippen LogP contribution in [-0.2, 0) is 5.54 Å². The molecule has 0 aliphatic rings. The van der Waals surface area contributed by atoms with Crippen molar-refractivity contribution >= 4 is 6.08 Å². The van der Waals surface area contributed by atoms with Crippen LogP contribution in [0.25, 0.3) is 6.08 Å². The average Bonchev–Trinajstić information content (AvgIpc) is 2.43. The Kier molecular flexibility index (Phi) is 6.14. The van der Waals surface area contributed by atoms with Crippen molar-refractivity contribution in [2.45, 2.75) is 57.9 Å². The summed E-state index contributed by atoms with van der Waals surface area (Å²) in [5.41, 5.74) is 8.94. The van der Waals surface area contributed by atoms with E-state index in [9.17, 15) is 0 Å². The molecule has 0 heterocycles. The highest BCUT2D eigenvalue weighted by Gasteiger charge is 2.25. The predicted molar refractivity (Wildman–Crippen MR) is 81.4 cm³/mol. The van der Waals surface area contributed by atoms with Crippen LogP contribution in [0.2, 0.25) is 0 Å². The highest BCUT2D eigenvalue weighted by molar-refractivity contribution is 5.47. The molecule has 0 aromatic heterocycles. The molecule has 100 valence electrons. The third-order valence-corrected chi connectivity index (χ3v) is 3.67. The number of hydrogen-bond acceptors (Lipinski definition) is 1. The van der Waals surface area contributed by atoms with E-state index in [1.54, 1.807) is 0 Å². The lowest BCUT2D eigenvalue weighted by molar-refractivity contribution is 0.354. The molecule has 2 N–H and O–H groups in total. The third kappa shape index (κ3) is 3.99. The van der Waals surface area contributed by atoms with Crippen molar-refractivity contribution in [3.05, 3.63) is 42.0 Å². The van der Waals surface area contributed by atoms with Crippen LogP contribution in [0.15, 0.2) is 30.8 Å². The molecule has 1 nitrogen and oxygen atoms in total. The van der Waals surface area contributed by atoms with E-state index in [2.05, 4.69) is 44.7 Å². The van der Waals surface area contributed by atoms with E-state index < -0.39 is 0 Å². The lowest BCUT2D eigenvalue weighted by Crippen LogP contribution is -2.36. The highest BCUT2D eigenvalue weighted by Crippen LogP contribution is 2.30. The minimum Gasteiger partial charge on any atom is -0.321 e. The van der Waals surface area contributed by atoms with E-state index in [1.807, 2.05) is 6.08 Å². The van der Waals surface area contributed by atoms with Crippen molar-refractivity contribution < 1.29 is 0 Å². The molecule has 0 atom stereocenters. The Morgan fingerprint density at radius 2 is 1.56 bits per heavy atom. The Morgan fingerprint density at radius 1 is 1.06 bits per heavy atom. The highest BCUT2D eigenvalue weighted by atomic mass is 14.7. The molecule has 0 fully saturated rings. The Hall–Kier alpha value is -1.08. The fourth-order valence-corrected chi connectivity index (χ4v) is 2.35. The van der Waals surface area contributed by atoms with Gasteiger partial charge in [-0.15, -0.1) is 0 Å². The molecule has 1 heteroatoms. The minimum atomic E-state index is -0.147. The SMILES string of the molecule is C=Cc1ccc(C(N)(CCCC)CCCC)cc1. The number of rotatable bonds is 8. The number of nitrogens with two attached hydrogens (primary N) is 1. The molecule has 18 heavy (non-hydrogen) atoms. The number of benzene rings is 1. The van der Waals surface area contributed by atoms with Crippen molar-refractivity contribution in [3.63, 3.8) is 0 Å². The van der Waals surface area contributed by atoms with Crippen molar-refractivity contribution in [1.29, 1.82) is 0 Å². The number of unbranched alkanes of at least 4 members (excludes halogenated alkanes) is 2. The van der Waals surface area contributed by atoms with Crippen LogP contribution in [0.1, 0.15) is 63.5 Å². The molecule has 1 rings (SSSR count). The molecule has 0 saturated carbocycles. The molecule has 0 bridgehead atoms. The van der Waals surface area contributed by atoms with E-state index in [-0.39, 0.29) is 5.54 Å². The maximum Gasteiger partial charge on any atom is 0.0409 e. The second-order valence-electron chi connectivity index (χ2n) is 5.19. The van der Waals surface area contributed by atoms with Crippen LogP contribution in [-0.4, -0.2) is 0 Å². The van der Waals surface area contributed by atoms with E-state index in [0.717, 1.165) is 18.4 Å². The summed E-state index contributed by atoms with van der Waals surface area (Å²) >= 11 is 0. The molecule has 0 unspecified atom stereocenters. The van der Waals surface area contributed by atoms with E-state index >= 15 is 0 Å². The van der Waals surface area contributed by atoms with Crippen molar-refractivity contribution in [2.24, 2.45) is 5.73 Å². The normalized spacial score (nSPS) is 11.5. The van der Waals surface area contributed by atoms with Crippen LogP contribution in [0, 0.1) is 0 Å². The van der Waals surface area contributed by atoms with Gasteiger partial charge in [-0.2, -0.15) is 0 Å². The summed E-state index contributed by atoms with van der Waals surface area (Å²) in [5.74, 6) is 0. The smallest absolute Gasteiger partial charge is 0.0409 e. The molecule has 0 radical (unpaired) electrons. The second kappa shape index (κ2) is 7.38. The second-order valence-corrected chi connectivity index (χ2v) is 5.19. The fourth-order valence-electron chi connectivity index (χ4n) is 2.35. The monoisotopic (exact) mass is 245 g/mol. The first kappa shape index (κ1) is 15.0. The van der Waals surface area contributed by atoms with Gasteiger partial charge in [-0.25, -0.2) is 0 Å². The van der Waals surface area contributed by atoms with Gasteiger partial charge in [0.15, 0.2) is 0 Å². The molecular formula is C17H27N. The first-order chi connectivity index (χ1) is 8.66. The van der Waals surface area contributed by atoms with Gasteiger partial charge in [0.05, 0.1) is 0 Å². The average molecular weight is 245 g/mol. The zero-order valence-electron chi connectivity index (χ0n) is 11.9. The zero-order chi connectivity index (χ0) is 13.4. The largest absolute Gasteiger partial charge is 0.321 e.